The van der Waals surface area contributed by atoms with E-state index < -0.39 is 0 Å². The minimum atomic E-state index is 0.885. The Kier molecular flexibility index (Phi) is 3.67. The molecule has 2 aromatic rings. The average Bonchev–Trinajstić information content (AvgIpc) is 2.43. The van der Waals surface area contributed by atoms with Gasteiger partial charge in [-0.1, -0.05) is 24.3 Å². The molecule has 4 heteroatoms. The van der Waals surface area contributed by atoms with Crippen LogP contribution in [0.1, 0.15) is 0 Å². The number of rotatable bonds is 0. The van der Waals surface area contributed by atoms with Gasteiger partial charge >= 0.3 is 0 Å². The molecule has 0 saturated carbocycles. The van der Waals surface area contributed by atoms with Crippen molar-refractivity contribution in [2.45, 2.75) is 9.79 Å². The summed E-state index contributed by atoms with van der Waals surface area (Å²) < 4.78 is 0. The molecule has 18 heavy (non-hydrogen) atoms. The Morgan fingerprint density at radius 2 is 1.11 bits per heavy atom. The van der Waals surface area contributed by atoms with E-state index in [2.05, 4.69) is 59.2 Å². The van der Waals surface area contributed by atoms with Crippen LogP contribution in [0.2, 0.25) is 0 Å². The zero-order valence-electron chi connectivity index (χ0n) is 9.85. The second-order valence-electron chi connectivity index (χ2n) is 3.92. The van der Waals surface area contributed by atoms with Crippen molar-refractivity contribution in [1.29, 1.82) is 0 Å². The highest BCUT2D eigenvalue weighted by Gasteiger charge is 2.07. The van der Waals surface area contributed by atoms with Crippen LogP contribution < -0.4 is 10.6 Å². The quantitative estimate of drug-likeness (QED) is 0.747. The van der Waals surface area contributed by atoms with Crippen LogP contribution in [-0.2, 0) is 0 Å². The largest absolute Gasteiger partial charge is 0.375 e. The normalized spacial score (nSPS) is 14.7. The van der Waals surface area contributed by atoms with E-state index in [9.17, 15) is 0 Å². The summed E-state index contributed by atoms with van der Waals surface area (Å²) >= 11 is 3.65. The molecular formula is C14H14N2S2. The second kappa shape index (κ2) is 5.59. The number of hydrogen-bond acceptors (Lipinski definition) is 4. The van der Waals surface area contributed by atoms with Gasteiger partial charge in [0.1, 0.15) is 0 Å². The molecule has 92 valence electrons. The van der Waals surface area contributed by atoms with E-state index in [0.717, 1.165) is 11.8 Å². The van der Waals surface area contributed by atoms with Gasteiger partial charge in [0.05, 0.1) is 11.8 Å². The number of nitrogens with one attached hydrogen (secondary N) is 2. The van der Waals surface area contributed by atoms with Crippen LogP contribution >= 0.6 is 23.5 Å². The molecule has 1 aliphatic heterocycles. The van der Waals surface area contributed by atoms with Gasteiger partial charge in [0.25, 0.3) is 0 Å². The Hall–Kier alpha value is -1.26. The predicted octanol–water partition coefficient (Wildman–Crippen LogP) is 4.32. The van der Waals surface area contributed by atoms with Gasteiger partial charge in [-0.05, 0) is 24.3 Å². The number of anilines is 2. The zero-order chi connectivity index (χ0) is 12.2. The Balaban J connectivity index is 1.85. The molecule has 0 aliphatic carbocycles. The third-order valence-corrected chi connectivity index (χ3v) is 4.67. The van der Waals surface area contributed by atoms with E-state index in [1.165, 1.54) is 21.2 Å². The summed E-state index contributed by atoms with van der Waals surface area (Å²) in [7, 11) is 0. The van der Waals surface area contributed by atoms with Crippen LogP contribution in [0, 0.1) is 0 Å². The molecule has 1 heterocycles. The smallest absolute Gasteiger partial charge is 0.0658 e. The molecule has 0 bridgehead atoms. The van der Waals surface area contributed by atoms with E-state index in [-0.39, 0.29) is 0 Å². The lowest BCUT2D eigenvalue weighted by atomic mass is 10.3. The molecule has 0 aromatic heterocycles. The summed E-state index contributed by atoms with van der Waals surface area (Å²) in [5, 5.41) is 6.98. The van der Waals surface area contributed by atoms with Crippen molar-refractivity contribution >= 4 is 34.9 Å². The summed E-state index contributed by atoms with van der Waals surface area (Å²) in [6.07, 6.45) is 0. The maximum atomic E-state index is 3.49. The van der Waals surface area contributed by atoms with Crippen LogP contribution in [-0.4, -0.2) is 11.8 Å². The molecule has 0 unspecified atom stereocenters. The van der Waals surface area contributed by atoms with Gasteiger partial charge in [-0.2, -0.15) is 0 Å². The molecule has 2 aromatic carbocycles. The first-order chi connectivity index (χ1) is 8.93. The van der Waals surface area contributed by atoms with Gasteiger partial charge in [0.2, 0.25) is 0 Å². The van der Waals surface area contributed by atoms with Gasteiger partial charge in [-0.15, -0.1) is 23.5 Å². The monoisotopic (exact) mass is 274 g/mol. The van der Waals surface area contributed by atoms with Crippen LogP contribution in [0.4, 0.5) is 11.4 Å². The molecule has 2 N–H and O–H groups in total. The maximum absolute atomic E-state index is 3.49. The standard InChI is InChI=1S/C14H14N2S2/c1-3-7-13-11(5-1)15-9-18-14-8-4-2-6-12(14)16-10-17-13/h1-8,15-16H,9-10H2. The van der Waals surface area contributed by atoms with Crippen LogP contribution in [0.5, 0.6) is 0 Å². The van der Waals surface area contributed by atoms with Crippen molar-refractivity contribution in [1.82, 2.24) is 0 Å². The number of benzene rings is 2. The van der Waals surface area contributed by atoms with Crippen molar-refractivity contribution in [2.24, 2.45) is 0 Å². The summed E-state index contributed by atoms with van der Waals surface area (Å²) in [4.78, 5) is 2.59. The lowest BCUT2D eigenvalue weighted by Gasteiger charge is -2.17. The number of thioether (sulfide) groups is 2. The first kappa shape index (κ1) is 11.8. The summed E-state index contributed by atoms with van der Waals surface area (Å²) in [5.41, 5.74) is 2.44. The first-order valence-corrected chi connectivity index (χ1v) is 7.82. The van der Waals surface area contributed by atoms with Gasteiger partial charge in [-0.25, -0.2) is 0 Å². The van der Waals surface area contributed by atoms with Crippen molar-refractivity contribution in [3.05, 3.63) is 48.5 Å². The maximum Gasteiger partial charge on any atom is 0.0658 e. The molecule has 0 radical (unpaired) electrons. The van der Waals surface area contributed by atoms with Crippen LogP contribution in [0.15, 0.2) is 58.3 Å². The van der Waals surface area contributed by atoms with E-state index in [1.807, 2.05) is 23.5 Å². The van der Waals surface area contributed by atoms with Crippen molar-refractivity contribution in [3.63, 3.8) is 0 Å². The number of fused-ring (bicyclic) bond motifs is 2. The van der Waals surface area contributed by atoms with E-state index in [4.69, 9.17) is 0 Å². The zero-order valence-corrected chi connectivity index (χ0v) is 11.5. The summed E-state index contributed by atoms with van der Waals surface area (Å²) in [6, 6.07) is 16.9. The van der Waals surface area contributed by atoms with Crippen molar-refractivity contribution in [2.75, 3.05) is 22.4 Å². The highest BCUT2D eigenvalue weighted by molar-refractivity contribution is 8.00. The SMILES string of the molecule is c1ccc2c(c1)NCSc1ccccc1NCS2. The fraction of sp³-hybridized carbons (Fsp3) is 0.143. The summed E-state index contributed by atoms with van der Waals surface area (Å²) in [6.45, 7) is 0. The predicted molar refractivity (Wildman–Crippen MR) is 81.6 cm³/mol. The Morgan fingerprint density at radius 1 is 0.667 bits per heavy atom. The molecule has 0 fully saturated rings. The minimum Gasteiger partial charge on any atom is -0.375 e. The van der Waals surface area contributed by atoms with Gasteiger partial charge in [0, 0.05) is 21.2 Å². The fourth-order valence-corrected chi connectivity index (χ4v) is 3.57. The van der Waals surface area contributed by atoms with E-state index >= 15 is 0 Å². The molecule has 0 spiro atoms. The Bertz CT molecular complexity index is 447. The van der Waals surface area contributed by atoms with Crippen molar-refractivity contribution < 1.29 is 0 Å². The lowest BCUT2D eigenvalue weighted by molar-refractivity contribution is 1.31. The van der Waals surface area contributed by atoms with Crippen LogP contribution in [0.25, 0.3) is 0 Å². The van der Waals surface area contributed by atoms with Gasteiger partial charge in [0.15, 0.2) is 0 Å². The van der Waals surface area contributed by atoms with Gasteiger partial charge in [-0.3, -0.25) is 0 Å². The molecule has 0 amide bonds. The molecular weight excluding hydrogens is 260 g/mol. The molecule has 2 nitrogen and oxygen atoms in total. The van der Waals surface area contributed by atoms with Crippen LogP contribution in [0.3, 0.4) is 0 Å². The minimum absolute atomic E-state index is 0.885. The molecule has 1 aliphatic rings. The molecule has 0 saturated heterocycles. The molecule has 0 atom stereocenters. The highest BCUT2D eigenvalue weighted by Crippen LogP contribution is 2.33. The first-order valence-electron chi connectivity index (χ1n) is 5.85. The number of hydrogen-bond donors (Lipinski definition) is 2. The lowest BCUT2D eigenvalue weighted by Crippen LogP contribution is -2.05. The second-order valence-corrected chi connectivity index (χ2v) is 5.96. The number of para-hydroxylation sites is 2. The third kappa shape index (κ3) is 2.60. The van der Waals surface area contributed by atoms with Gasteiger partial charge < -0.3 is 10.6 Å². The Morgan fingerprint density at radius 3 is 1.61 bits per heavy atom. The average molecular weight is 274 g/mol. The van der Waals surface area contributed by atoms with E-state index in [1.54, 1.807) is 0 Å². The Labute approximate surface area is 116 Å². The fourth-order valence-electron chi connectivity index (χ4n) is 1.86. The highest BCUT2D eigenvalue weighted by atomic mass is 32.2. The van der Waals surface area contributed by atoms with Crippen molar-refractivity contribution in [3.8, 4) is 0 Å². The third-order valence-electron chi connectivity index (χ3n) is 2.75. The molecule has 3 rings (SSSR count). The van der Waals surface area contributed by atoms with E-state index in [0.29, 0.717) is 0 Å². The topological polar surface area (TPSA) is 24.1 Å². The summed E-state index contributed by atoms with van der Waals surface area (Å²) in [5.74, 6) is 1.77.